The van der Waals surface area contributed by atoms with Crippen molar-refractivity contribution in [3.63, 3.8) is 0 Å². The van der Waals surface area contributed by atoms with Crippen LogP contribution in [0, 0.1) is 5.92 Å². The summed E-state index contributed by atoms with van der Waals surface area (Å²) in [5.74, 6) is -1.71. The molecule has 1 aliphatic carbocycles. The second-order valence-corrected chi connectivity index (χ2v) is 5.17. The van der Waals surface area contributed by atoms with Gasteiger partial charge in [-0.05, 0) is 25.7 Å². The van der Waals surface area contributed by atoms with Crippen LogP contribution in [0.4, 0.5) is 4.79 Å². The summed E-state index contributed by atoms with van der Waals surface area (Å²) in [6, 6.07) is -0.492. The fourth-order valence-electron chi connectivity index (χ4n) is 2.14. The van der Waals surface area contributed by atoms with Crippen LogP contribution in [0.15, 0.2) is 0 Å². The standard InChI is InChI=1S/C13H22N2O5/c1-3-20-10-6-9(7-10)14-13(19)15-11(16)4-8(2)5-12(17)18/h8-10H,3-7H2,1-2H3,(H,17,18)(H2,14,15,16,19). The summed E-state index contributed by atoms with van der Waals surface area (Å²) in [7, 11) is 0. The molecule has 0 aromatic rings. The van der Waals surface area contributed by atoms with E-state index in [0.717, 1.165) is 12.8 Å². The van der Waals surface area contributed by atoms with E-state index in [1.807, 2.05) is 6.92 Å². The van der Waals surface area contributed by atoms with E-state index in [2.05, 4.69) is 10.6 Å². The molecule has 114 valence electrons. The Kier molecular flexibility index (Phi) is 6.44. The molecule has 7 nitrogen and oxygen atoms in total. The number of ether oxygens (including phenoxy) is 1. The number of carbonyl (C=O) groups is 3. The first-order valence-electron chi connectivity index (χ1n) is 6.84. The van der Waals surface area contributed by atoms with E-state index < -0.39 is 17.9 Å². The van der Waals surface area contributed by atoms with Gasteiger partial charge in [0.1, 0.15) is 0 Å². The molecular weight excluding hydrogens is 264 g/mol. The fourth-order valence-corrected chi connectivity index (χ4v) is 2.14. The van der Waals surface area contributed by atoms with E-state index in [1.54, 1.807) is 6.92 Å². The van der Waals surface area contributed by atoms with Gasteiger partial charge in [0.15, 0.2) is 0 Å². The van der Waals surface area contributed by atoms with Crippen LogP contribution < -0.4 is 10.6 Å². The van der Waals surface area contributed by atoms with Crippen molar-refractivity contribution in [3.8, 4) is 0 Å². The summed E-state index contributed by atoms with van der Waals surface area (Å²) in [5.41, 5.74) is 0. The highest BCUT2D eigenvalue weighted by molar-refractivity contribution is 5.94. The number of hydrogen-bond donors (Lipinski definition) is 3. The van der Waals surface area contributed by atoms with E-state index in [-0.39, 0.29) is 30.9 Å². The van der Waals surface area contributed by atoms with Gasteiger partial charge in [-0.1, -0.05) is 6.92 Å². The van der Waals surface area contributed by atoms with Gasteiger partial charge in [0.25, 0.3) is 0 Å². The molecule has 0 aromatic carbocycles. The van der Waals surface area contributed by atoms with Crippen LogP contribution in [-0.2, 0) is 14.3 Å². The van der Waals surface area contributed by atoms with Gasteiger partial charge in [-0.25, -0.2) is 4.79 Å². The van der Waals surface area contributed by atoms with Crippen LogP contribution in [0.3, 0.4) is 0 Å². The molecule has 1 rings (SSSR count). The third-order valence-electron chi connectivity index (χ3n) is 3.14. The maximum absolute atomic E-state index is 11.5. The second-order valence-electron chi connectivity index (χ2n) is 5.17. The van der Waals surface area contributed by atoms with Crippen molar-refractivity contribution in [1.29, 1.82) is 0 Å². The minimum absolute atomic E-state index is 0.0198. The van der Waals surface area contributed by atoms with Crippen molar-refractivity contribution in [2.75, 3.05) is 6.61 Å². The molecule has 3 N–H and O–H groups in total. The van der Waals surface area contributed by atoms with Crippen LogP contribution >= 0.6 is 0 Å². The lowest BCUT2D eigenvalue weighted by Gasteiger charge is -2.35. The van der Waals surface area contributed by atoms with Gasteiger partial charge in [0.05, 0.1) is 6.10 Å². The molecule has 1 atom stereocenters. The molecule has 0 aromatic heterocycles. The average Bonchev–Trinajstić information content (AvgIpc) is 2.24. The first-order chi connectivity index (χ1) is 9.40. The number of carboxylic acid groups (broad SMARTS) is 1. The SMILES string of the molecule is CCOC1CC(NC(=O)NC(=O)CC(C)CC(=O)O)C1. The van der Waals surface area contributed by atoms with Gasteiger partial charge in [0.2, 0.25) is 5.91 Å². The second kappa shape index (κ2) is 7.84. The molecule has 0 heterocycles. The van der Waals surface area contributed by atoms with Crippen LogP contribution in [0.1, 0.15) is 39.5 Å². The molecular formula is C13H22N2O5. The predicted octanol–water partition coefficient (Wildman–Crippen LogP) is 0.881. The molecule has 0 saturated heterocycles. The summed E-state index contributed by atoms with van der Waals surface area (Å²) in [4.78, 5) is 33.5. The van der Waals surface area contributed by atoms with Crippen molar-refractivity contribution >= 4 is 17.9 Å². The Morgan fingerprint density at radius 2 is 1.95 bits per heavy atom. The Balaban J connectivity index is 2.16. The van der Waals surface area contributed by atoms with E-state index in [1.165, 1.54) is 0 Å². The fraction of sp³-hybridized carbons (Fsp3) is 0.769. The first kappa shape index (κ1) is 16.4. The monoisotopic (exact) mass is 286 g/mol. The number of imide groups is 1. The van der Waals surface area contributed by atoms with Gasteiger partial charge in [0, 0.05) is 25.5 Å². The molecule has 0 aliphatic heterocycles. The summed E-state index contributed by atoms with van der Waals surface area (Å²) >= 11 is 0. The lowest BCUT2D eigenvalue weighted by molar-refractivity contribution is -0.138. The van der Waals surface area contributed by atoms with Crippen LogP contribution in [0.2, 0.25) is 0 Å². The topological polar surface area (TPSA) is 105 Å². The summed E-state index contributed by atoms with van der Waals surface area (Å²) < 4.78 is 5.37. The highest BCUT2D eigenvalue weighted by atomic mass is 16.5. The number of rotatable bonds is 7. The maximum atomic E-state index is 11.5. The molecule has 0 radical (unpaired) electrons. The maximum Gasteiger partial charge on any atom is 0.321 e. The zero-order valence-electron chi connectivity index (χ0n) is 11.8. The lowest BCUT2D eigenvalue weighted by atomic mass is 9.89. The third-order valence-corrected chi connectivity index (χ3v) is 3.14. The van der Waals surface area contributed by atoms with Gasteiger partial charge >= 0.3 is 12.0 Å². The molecule has 1 aliphatic rings. The van der Waals surface area contributed by atoms with Crippen molar-refractivity contribution in [3.05, 3.63) is 0 Å². The minimum atomic E-state index is -0.953. The number of carbonyl (C=O) groups excluding carboxylic acids is 2. The van der Waals surface area contributed by atoms with Crippen LogP contribution in [-0.4, -0.2) is 41.8 Å². The summed E-state index contributed by atoms with van der Waals surface area (Å²) in [6.45, 7) is 4.23. The quantitative estimate of drug-likeness (QED) is 0.644. The zero-order valence-corrected chi connectivity index (χ0v) is 11.8. The van der Waals surface area contributed by atoms with Gasteiger partial charge < -0.3 is 15.2 Å². The zero-order chi connectivity index (χ0) is 15.1. The molecule has 20 heavy (non-hydrogen) atoms. The molecule has 0 spiro atoms. The van der Waals surface area contributed by atoms with Crippen molar-refractivity contribution in [1.82, 2.24) is 10.6 Å². The predicted molar refractivity (Wildman–Crippen MR) is 71.1 cm³/mol. The van der Waals surface area contributed by atoms with Gasteiger partial charge in [-0.15, -0.1) is 0 Å². The highest BCUT2D eigenvalue weighted by Gasteiger charge is 2.30. The molecule has 7 heteroatoms. The largest absolute Gasteiger partial charge is 0.481 e. The third kappa shape index (κ3) is 6.01. The normalized spacial score (nSPS) is 22.5. The van der Waals surface area contributed by atoms with Crippen LogP contribution in [0.25, 0.3) is 0 Å². The Hall–Kier alpha value is -1.63. The van der Waals surface area contributed by atoms with E-state index in [4.69, 9.17) is 9.84 Å². The van der Waals surface area contributed by atoms with Crippen molar-refractivity contribution in [2.45, 2.75) is 51.7 Å². The minimum Gasteiger partial charge on any atom is -0.481 e. The van der Waals surface area contributed by atoms with Gasteiger partial charge in [-0.2, -0.15) is 0 Å². The highest BCUT2D eigenvalue weighted by Crippen LogP contribution is 2.22. The molecule has 1 fully saturated rings. The smallest absolute Gasteiger partial charge is 0.321 e. The van der Waals surface area contributed by atoms with E-state index in [0.29, 0.717) is 6.61 Å². The average molecular weight is 286 g/mol. The van der Waals surface area contributed by atoms with Crippen molar-refractivity contribution < 1.29 is 24.2 Å². The molecule has 3 amide bonds. The van der Waals surface area contributed by atoms with Gasteiger partial charge in [-0.3, -0.25) is 14.9 Å². The van der Waals surface area contributed by atoms with Crippen LogP contribution in [0.5, 0.6) is 0 Å². The Labute approximate surface area is 118 Å². The molecule has 1 unspecified atom stereocenters. The number of aliphatic carboxylic acids is 1. The number of carboxylic acids is 1. The molecule has 0 bridgehead atoms. The Morgan fingerprint density at radius 3 is 2.50 bits per heavy atom. The first-order valence-corrected chi connectivity index (χ1v) is 6.84. The lowest BCUT2D eigenvalue weighted by Crippen LogP contribution is -2.52. The van der Waals surface area contributed by atoms with E-state index >= 15 is 0 Å². The molecule has 1 saturated carbocycles. The van der Waals surface area contributed by atoms with E-state index in [9.17, 15) is 14.4 Å². The number of hydrogen-bond acceptors (Lipinski definition) is 4. The summed E-state index contributed by atoms with van der Waals surface area (Å²) in [5, 5.41) is 13.5. The van der Waals surface area contributed by atoms with Crippen molar-refractivity contribution in [2.24, 2.45) is 5.92 Å². The number of urea groups is 1. The Bertz CT molecular complexity index is 366. The number of nitrogens with one attached hydrogen (secondary N) is 2. The summed E-state index contributed by atoms with van der Waals surface area (Å²) in [6.07, 6.45) is 1.63. The number of amides is 3. The Morgan fingerprint density at radius 1 is 1.30 bits per heavy atom.